The van der Waals surface area contributed by atoms with E-state index in [4.69, 9.17) is 0 Å². The van der Waals surface area contributed by atoms with Gasteiger partial charge in [-0.25, -0.2) is 0 Å². The summed E-state index contributed by atoms with van der Waals surface area (Å²) < 4.78 is 0. The van der Waals surface area contributed by atoms with Gasteiger partial charge in [-0.05, 0) is 39.4 Å². The van der Waals surface area contributed by atoms with Crippen molar-refractivity contribution in [3.63, 3.8) is 0 Å². The number of rotatable bonds is 6. The lowest BCUT2D eigenvalue weighted by Crippen LogP contribution is -2.50. The van der Waals surface area contributed by atoms with Crippen molar-refractivity contribution in [3.8, 4) is 0 Å². The van der Waals surface area contributed by atoms with E-state index in [1.807, 2.05) is 14.1 Å². The molecular formula is C16H25NO. The zero-order valence-corrected chi connectivity index (χ0v) is 12.3. The van der Waals surface area contributed by atoms with Gasteiger partial charge in [0.25, 0.3) is 0 Å². The van der Waals surface area contributed by atoms with Crippen LogP contribution in [0.25, 0.3) is 0 Å². The number of hydrogen-bond acceptors (Lipinski definition) is 2. The van der Waals surface area contributed by atoms with Gasteiger partial charge < -0.3 is 0 Å². The van der Waals surface area contributed by atoms with E-state index in [9.17, 15) is 4.79 Å². The van der Waals surface area contributed by atoms with Gasteiger partial charge in [0.2, 0.25) is 0 Å². The van der Waals surface area contributed by atoms with E-state index in [0.29, 0.717) is 12.2 Å². The van der Waals surface area contributed by atoms with Crippen LogP contribution in [0, 0.1) is 6.92 Å². The second-order valence-electron chi connectivity index (χ2n) is 5.22. The number of Topliss-reactive ketones (excluding diaryl/α,β-unsaturated/α-hetero) is 1. The van der Waals surface area contributed by atoms with E-state index in [1.54, 1.807) is 0 Å². The summed E-state index contributed by atoms with van der Waals surface area (Å²) >= 11 is 0. The first-order valence-corrected chi connectivity index (χ1v) is 6.72. The van der Waals surface area contributed by atoms with Crippen LogP contribution in [0.15, 0.2) is 24.3 Å². The molecule has 100 valence electrons. The van der Waals surface area contributed by atoms with Crippen LogP contribution in [-0.4, -0.2) is 30.3 Å². The Morgan fingerprint density at radius 1 is 1.11 bits per heavy atom. The van der Waals surface area contributed by atoms with E-state index in [-0.39, 0.29) is 5.54 Å². The summed E-state index contributed by atoms with van der Waals surface area (Å²) in [5.74, 6) is 0.321. The SMILES string of the molecule is CCC(CC)(C(=O)Cc1ccc(C)cc1)N(C)C. The lowest BCUT2D eigenvalue weighted by atomic mass is 9.83. The normalized spacial score (nSPS) is 11.9. The van der Waals surface area contributed by atoms with Crippen LogP contribution in [0.5, 0.6) is 0 Å². The summed E-state index contributed by atoms with van der Waals surface area (Å²) in [5.41, 5.74) is 2.03. The fraction of sp³-hybridized carbons (Fsp3) is 0.562. The van der Waals surface area contributed by atoms with Gasteiger partial charge in [0, 0.05) is 6.42 Å². The Labute approximate surface area is 111 Å². The molecule has 0 radical (unpaired) electrons. The predicted molar refractivity (Wildman–Crippen MR) is 76.9 cm³/mol. The molecule has 0 aliphatic carbocycles. The number of carbonyl (C=O) groups is 1. The van der Waals surface area contributed by atoms with E-state index in [2.05, 4.69) is 49.9 Å². The number of ketones is 1. The van der Waals surface area contributed by atoms with E-state index >= 15 is 0 Å². The van der Waals surface area contributed by atoms with Crippen LogP contribution in [-0.2, 0) is 11.2 Å². The highest BCUT2D eigenvalue weighted by Gasteiger charge is 2.36. The minimum absolute atomic E-state index is 0.315. The Balaban J connectivity index is 2.89. The first-order chi connectivity index (χ1) is 8.46. The first kappa shape index (κ1) is 14.9. The number of likely N-dealkylation sites (N-methyl/N-ethyl adjacent to an activating group) is 1. The third-order valence-corrected chi connectivity index (χ3v) is 4.03. The fourth-order valence-corrected chi connectivity index (χ4v) is 2.58. The molecule has 0 aliphatic heterocycles. The summed E-state index contributed by atoms with van der Waals surface area (Å²) in [6, 6.07) is 8.24. The average molecular weight is 247 g/mol. The molecule has 1 aromatic rings. The Morgan fingerprint density at radius 3 is 2.00 bits per heavy atom. The van der Waals surface area contributed by atoms with Gasteiger partial charge in [0.1, 0.15) is 0 Å². The lowest BCUT2D eigenvalue weighted by Gasteiger charge is -2.37. The fourth-order valence-electron chi connectivity index (χ4n) is 2.58. The average Bonchev–Trinajstić information content (AvgIpc) is 2.34. The van der Waals surface area contributed by atoms with E-state index < -0.39 is 0 Å². The summed E-state index contributed by atoms with van der Waals surface area (Å²) in [5, 5.41) is 0. The molecule has 0 unspecified atom stereocenters. The largest absolute Gasteiger partial charge is 0.297 e. The zero-order valence-electron chi connectivity index (χ0n) is 12.3. The monoisotopic (exact) mass is 247 g/mol. The van der Waals surface area contributed by atoms with Crippen molar-refractivity contribution in [1.29, 1.82) is 0 Å². The van der Waals surface area contributed by atoms with Crippen LogP contribution in [0.1, 0.15) is 37.8 Å². The molecule has 0 aliphatic rings. The van der Waals surface area contributed by atoms with Gasteiger partial charge in [-0.2, -0.15) is 0 Å². The van der Waals surface area contributed by atoms with Crippen molar-refractivity contribution in [1.82, 2.24) is 4.90 Å². The Kier molecular flexibility index (Phi) is 5.09. The van der Waals surface area contributed by atoms with Crippen molar-refractivity contribution in [3.05, 3.63) is 35.4 Å². The second-order valence-corrected chi connectivity index (χ2v) is 5.22. The molecule has 18 heavy (non-hydrogen) atoms. The van der Waals surface area contributed by atoms with Crippen molar-refractivity contribution in [2.24, 2.45) is 0 Å². The van der Waals surface area contributed by atoms with Crippen LogP contribution in [0.4, 0.5) is 0 Å². The number of benzene rings is 1. The van der Waals surface area contributed by atoms with Crippen LogP contribution in [0.2, 0.25) is 0 Å². The molecule has 2 heteroatoms. The highest BCUT2D eigenvalue weighted by atomic mass is 16.1. The Hall–Kier alpha value is -1.15. The maximum absolute atomic E-state index is 12.6. The van der Waals surface area contributed by atoms with Crippen molar-refractivity contribution in [2.75, 3.05) is 14.1 Å². The van der Waals surface area contributed by atoms with Gasteiger partial charge in [-0.15, -0.1) is 0 Å². The maximum atomic E-state index is 12.6. The van der Waals surface area contributed by atoms with Crippen LogP contribution < -0.4 is 0 Å². The Morgan fingerprint density at radius 2 is 1.61 bits per heavy atom. The molecular weight excluding hydrogens is 222 g/mol. The predicted octanol–water partition coefficient (Wildman–Crippen LogP) is 3.23. The molecule has 0 N–H and O–H groups in total. The van der Waals surface area contributed by atoms with Gasteiger partial charge in [-0.3, -0.25) is 9.69 Å². The lowest BCUT2D eigenvalue weighted by molar-refractivity contribution is -0.129. The highest BCUT2D eigenvalue weighted by Crippen LogP contribution is 2.24. The summed E-state index contributed by atoms with van der Waals surface area (Å²) in [6.07, 6.45) is 2.25. The van der Waals surface area contributed by atoms with Crippen LogP contribution >= 0.6 is 0 Å². The van der Waals surface area contributed by atoms with Crippen LogP contribution in [0.3, 0.4) is 0 Å². The van der Waals surface area contributed by atoms with E-state index in [1.165, 1.54) is 5.56 Å². The zero-order chi connectivity index (χ0) is 13.8. The van der Waals surface area contributed by atoms with Gasteiger partial charge in [-0.1, -0.05) is 43.7 Å². The highest BCUT2D eigenvalue weighted by molar-refractivity contribution is 5.90. The number of hydrogen-bond donors (Lipinski definition) is 0. The van der Waals surface area contributed by atoms with Crippen molar-refractivity contribution in [2.45, 2.75) is 45.6 Å². The molecule has 0 saturated heterocycles. The first-order valence-electron chi connectivity index (χ1n) is 6.72. The summed E-state index contributed by atoms with van der Waals surface area (Å²) in [4.78, 5) is 14.7. The number of carbonyl (C=O) groups excluding carboxylic acids is 1. The molecule has 0 aromatic heterocycles. The van der Waals surface area contributed by atoms with E-state index in [0.717, 1.165) is 18.4 Å². The standard InChI is InChI=1S/C16H25NO/c1-6-16(7-2,17(4)5)15(18)12-14-10-8-13(3)9-11-14/h8-11H,6-7,12H2,1-5H3. The minimum Gasteiger partial charge on any atom is -0.297 e. The third kappa shape index (κ3) is 2.99. The molecule has 0 atom stereocenters. The number of nitrogens with zero attached hydrogens (tertiary/aromatic N) is 1. The molecule has 0 saturated carbocycles. The number of aryl methyl sites for hydroxylation is 1. The third-order valence-electron chi connectivity index (χ3n) is 4.03. The molecule has 0 fully saturated rings. The topological polar surface area (TPSA) is 20.3 Å². The summed E-state index contributed by atoms with van der Waals surface area (Å²) in [6.45, 7) is 6.25. The van der Waals surface area contributed by atoms with Gasteiger partial charge in [0.05, 0.1) is 5.54 Å². The summed E-state index contributed by atoms with van der Waals surface area (Å²) in [7, 11) is 4.00. The second kappa shape index (κ2) is 6.14. The molecule has 0 spiro atoms. The van der Waals surface area contributed by atoms with Crippen molar-refractivity contribution < 1.29 is 4.79 Å². The molecule has 0 heterocycles. The smallest absolute Gasteiger partial charge is 0.157 e. The molecule has 0 amide bonds. The molecule has 2 nitrogen and oxygen atoms in total. The minimum atomic E-state index is -0.315. The van der Waals surface area contributed by atoms with Crippen molar-refractivity contribution >= 4 is 5.78 Å². The molecule has 0 bridgehead atoms. The molecule has 1 aromatic carbocycles. The van der Waals surface area contributed by atoms with Gasteiger partial charge >= 0.3 is 0 Å². The molecule has 1 rings (SSSR count). The van der Waals surface area contributed by atoms with Gasteiger partial charge in [0.15, 0.2) is 5.78 Å². The quantitative estimate of drug-likeness (QED) is 0.769. The maximum Gasteiger partial charge on any atom is 0.157 e. The Bertz CT molecular complexity index is 388.